The zero-order valence-electron chi connectivity index (χ0n) is 18.4. The second-order valence-corrected chi connectivity index (χ2v) is 9.71. The maximum atomic E-state index is 14.3. The number of benzene rings is 4. The Bertz CT molecular complexity index is 1600. The van der Waals surface area contributed by atoms with Crippen molar-refractivity contribution >= 4 is 33.0 Å². The van der Waals surface area contributed by atoms with Crippen molar-refractivity contribution in [3.05, 3.63) is 102 Å². The van der Waals surface area contributed by atoms with E-state index in [2.05, 4.69) is 5.32 Å². The molecule has 0 saturated carbocycles. The first-order chi connectivity index (χ1) is 16.8. The molecule has 4 aromatic carbocycles. The predicted molar refractivity (Wildman–Crippen MR) is 135 cm³/mol. The van der Waals surface area contributed by atoms with E-state index in [9.17, 15) is 17.6 Å². The number of primary sulfonamides is 1. The van der Waals surface area contributed by atoms with Crippen LogP contribution in [0.2, 0.25) is 0 Å². The molecule has 0 saturated heterocycles. The molecule has 174 valence electrons. The zero-order valence-corrected chi connectivity index (χ0v) is 19.2. The van der Waals surface area contributed by atoms with E-state index in [-0.39, 0.29) is 23.0 Å². The number of fused-ring (bicyclic) bond motifs is 1. The minimum Gasteiger partial charge on any atom is -0.324 e. The Hall–Kier alpha value is -4.14. The molecule has 3 N–H and O–H groups in total. The first-order valence-electron chi connectivity index (χ1n) is 10.8. The molecule has 35 heavy (non-hydrogen) atoms. The Kier molecular flexibility index (Phi) is 5.76. The fraction of sp³-hybridized carbons (Fsp3) is 0.0370. The molecule has 0 atom stereocenters. The van der Waals surface area contributed by atoms with Gasteiger partial charge in [-0.25, -0.2) is 17.9 Å². The lowest BCUT2D eigenvalue weighted by Crippen LogP contribution is -2.15. The van der Waals surface area contributed by atoms with Gasteiger partial charge in [-0.15, -0.1) is 0 Å². The number of hydrogen-bond donors (Lipinski definition) is 2. The number of rotatable bonds is 4. The number of nitrogens with one attached hydrogen (secondary N) is 1. The van der Waals surface area contributed by atoms with Crippen LogP contribution >= 0.6 is 0 Å². The van der Waals surface area contributed by atoms with Gasteiger partial charge in [-0.1, -0.05) is 54.6 Å². The molecular formula is C27H20FN3O3S. The van der Waals surface area contributed by atoms with Gasteiger partial charge >= 0.3 is 0 Å². The van der Waals surface area contributed by atoms with Crippen LogP contribution in [0.5, 0.6) is 0 Å². The number of carbonyl (C=O) groups is 1. The van der Waals surface area contributed by atoms with Crippen molar-refractivity contribution in [3.8, 4) is 22.3 Å². The van der Waals surface area contributed by atoms with Gasteiger partial charge in [0, 0.05) is 5.56 Å². The fourth-order valence-corrected chi connectivity index (χ4v) is 4.53. The Labute approximate surface area is 202 Å². The third-order valence-corrected chi connectivity index (χ3v) is 6.68. The number of carbonyl (C=O) groups excluding carboxylic acids is 1. The molecule has 0 spiro atoms. The molecule has 4 aromatic rings. The largest absolute Gasteiger partial charge is 0.324 e. The zero-order chi connectivity index (χ0) is 24.6. The van der Waals surface area contributed by atoms with Crippen molar-refractivity contribution in [3.63, 3.8) is 0 Å². The molecule has 0 aliphatic carbocycles. The summed E-state index contributed by atoms with van der Waals surface area (Å²) in [6.45, 7) is 0. The summed E-state index contributed by atoms with van der Waals surface area (Å²) in [7, 11) is -3.77. The minimum absolute atomic E-state index is 0.0357. The first kappa shape index (κ1) is 22.6. The van der Waals surface area contributed by atoms with Crippen LogP contribution in [0.3, 0.4) is 0 Å². The summed E-state index contributed by atoms with van der Waals surface area (Å²) in [5, 5.41) is 8.06. The van der Waals surface area contributed by atoms with Crippen molar-refractivity contribution < 1.29 is 17.6 Å². The van der Waals surface area contributed by atoms with E-state index in [0.717, 1.165) is 16.7 Å². The van der Waals surface area contributed by atoms with E-state index >= 15 is 0 Å². The van der Waals surface area contributed by atoms with E-state index in [1.54, 1.807) is 48.5 Å². The molecule has 1 aliphatic heterocycles. The van der Waals surface area contributed by atoms with Crippen LogP contribution in [0.25, 0.3) is 22.3 Å². The summed E-state index contributed by atoms with van der Waals surface area (Å²) < 4.78 is 37.3. The number of aliphatic imine (C=N–C) groups is 1. The van der Waals surface area contributed by atoms with E-state index < -0.39 is 10.0 Å². The quantitative estimate of drug-likeness (QED) is 0.412. The summed E-state index contributed by atoms with van der Waals surface area (Å²) in [6.07, 6.45) is 0.0670. The standard InChI is InChI=1S/C27H20FN3O3S/c28-23-7-2-1-6-22(23)19-10-13-24-26(15-19)31-27(32)16-25(30-24)20-5-3-4-18(14-20)17-8-11-21(12-9-17)35(29,33)34/h1-15H,16H2,(H,31,32)(H2,29,33,34). The van der Waals surface area contributed by atoms with E-state index in [1.807, 2.05) is 24.3 Å². The van der Waals surface area contributed by atoms with Gasteiger partial charge in [-0.2, -0.15) is 0 Å². The number of amides is 1. The van der Waals surface area contributed by atoms with Crippen molar-refractivity contribution in [2.45, 2.75) is 11.3 Å². The van der Waals surface area contributed by atoms with Crippen molar-refractivity contribution in [1.82, 2.24) is 0 Å². The average molecular weight is 486 g/mol. The highest BCUT2D eigenvalue weighted by molar-refractivity contribution is 7.89. The number of sulfonamides is 1. The maximum absolute atomic E-state index is 14.3. The van der Waals surface area contributed by atoms with Crippen LogP contribution < -0.4 is 10.5 Å². The molecule has 0 bridgehead atoms. The monoisotopic (exact) mass is 485 g/mol. The Morgan fingerprint density at radius 3 is 2.26 bits per heavy atom. The highest BCUT2D eigenvalue weighted by Gasteiger charge is 2.19. The first-order valence-corrected chi connectivity index (χ1v) is 12.3. The SMILES string of the molecule is NS(=O)(=O)c1ccc(-c2cccc(C3=Nc4ccc(-c5ccccc5F)cc4NC(=O)C3)c2)cc1. The maximum Gasteiger partial charge on any atom is 0.238 e. The second-order valence-electron chi connectivity index (χ2n) is 8.15. The number of nitrogens with two attached hydrogens (primary N) is 1. The molecule has 1 amide bonds. The molecule has 0 aromatic heterocycles. The van der Waals surface area contributed by atoms with Crippen LogP contribution in [0.4, 0.5) is 15.8 Å². The molecule has 0 unspecified atom stereocenters. The van der Waals surface area contributed by atoms with Crippen LogP contribution in [0.15, 0.2) is 101 Å². The predicted octanol–water partition coefficient (Wildman–Crippen LogP) is 5.27. The third-order valence-electron chi connectivity index (χ3n) is 5.75. The van der Waals surface area contributed by atoms with Crippen molar-refractivity contribution in [1.29, 1.82) is 0 Å². The highest BCUT2D eigenvalue weighted by Crippen LogP contribution is 2.35. The molecule has 0 fully saturated rings. The van der Waals surface area contributed by atoms with Crippen LogP contribution in [0.1, 0.15) is 12.0 Å². The average Bonchev–Trinajstić information content (AvgIpc) is 3.01. The highest BCUT2D eigenvalue weighted by atomic mass is 32.2. The summed E-state index contributed by atoms with van der Waals surface area (Å²) in [6, 6.07) is 25.5. The van der Waals surface area contributed by atoms with Gasteiger partial charge < -0.3 is 5.32 Å². The second kappa shape index (κ2) is 8.90. The number of hydrogen-bond acceptors (Lipinski definition) is 4. The minimum atomic E-state index is -3.77. The summed E-state index contributed by atoms with van der Waals surface area (Å²) in [4.78, 5) is 17.5. The van der Waals surface area contributed by atoms with Crippen molar-refractivity contribution in [2.24, 2.45) is 10.1 Å². The lowest BCUT2D eigenvalue weighted by molar-refractivity contribution is -0.115. The third kappa shape index (κ3) is 4.75. The van der Waals surface area contributed by atoms with Gasteiger partial charge in [0.25, 0.3) is 0 Å². The summed E-state index contributed by atoms with van der Waals surface area (Å²) in [5.74, 6) is -0.568. The van der Waals surface area contributed by atoms with E-state index in [1.165, 1.54) is 18.2 Å². The van der Waals surface area contributed by atoms with Gasteiger partial charge in [0.05, 0.1) is 28.4 Å². The van der Waals surface area contributed by atoms with E-state index in [4.69, 9.17) is 10.1 Å². The normalized spacial score (nSPS) is 13.4. The van der Waals surface area contributed by atoms with E-state index in [0.29, 0.717) is 28.2 Å². The van der Waals surface area contributed by atoms with Gasteiger partial charge in [0.15, 0.2) is 0 Å². The Morgan fingerprint density at radius 2 is 1.51 bits per heavy atom. The summed E-state index contributed by atoms with van der Waals surface area (Å²) in [5.41, 5.74) is 5.17. The number of halogens is 1. The molecule has 6 nitrogen and oxygen atoms in total. The molecule has 5 rings (SSSR count). The summed E-state index contributed by atoms with van der Waals surface area (Å²) >= 11 is 0. The molecule has 1 aliphatic rings. The van der Waals surface area contributed by atoms with Gasteiger partial charge in [-0.3, -0.25) is 9.79 Å². The Morgan fingerprint density at radius 1 is 0.800 bits per heavy atom. The lowest BCUT2D eigenvalue weighted by Gasteiger charge is -2.09. The molecular weight excluding hydrogens is 465 g/mol. The lowest BCUT2D eigenvalue weighted by atomic mass is 9.99. The fourth-order valence-electron chi connectivity index (χ4n) is 4.01. The van der Waals surface area contributed by atoms with Gasteiger partial charge in [0.2, 0.25) is 15.9 Å². The molecule has 0 radical (unpaired) electrons. The van der Waals surface area contributed by atoms with Crippen LogP contribution in [0, 0.1) is 5.82 Å². The van der Waals surface area contributed by atoms with Gasteiger partial charge in [0.1, 0.15) is 5.82 Å². The van der Waals surface area contributed by atoms with Crippen molar-refractivity contribution in [2.75, 3.05) is 5.32 Å². The van der Waals surface area contributed by atoms with Crippen LogP contribution in [-0.2, 0) is 14.8 Å². The smallest absolute Gasteiger partial charge is 0.238 e. The molecule has 8 heteroatoms. The van der Waals surface area contributed by atoms with Crippen LogP contribution in [-0.4, -0.2) is 20.0 Å². The Balaban J connectivity index is 1.51. The number of anilines is 1. The topological polar surface area (TPSA) is 102 Å². The molecule has 1 heterocycles. The van der Waals surface area contributed by atoms with Gasteiger partial charge in [-0.05, 0) is 58.7 Å². The number of nitrogens with zero attached hydrogens (tertiary/aromatic N) is 1.